The number of rotatable bonds is 29. The molecular weight excluding hydrogens is 775 g/mol. The van der Waals surface area contributed by atoms with Crippen molar-refractivity contribution in [1.82, 2.24) is 0 Å². The van der Waals surface area contributed by atoms with E-state index in [1.807, 2.05) is 0 Å². The summed E-state index contributed by atoms with van der Waals surface area (Å²) in [4.78, 5) is 53.9. The van der Waals surface area contributed by atoms with Crippen LogP contribution in [0.4, 0.5) is 0 Å². The molecule has 60 heavy (non-hydrogen) atoms. The second kappa shape index (κ2) is 28.7. The van der Waals surface area contributed by atoms with Crippen LogP contribution in [0, 0.1) is 0 Å². The van der Waals surface area contributed by atoms with E-state index in [2.05, 4.69) is 16.9 Å². The first-order valence-corrected chi connectivity index (χ1v) is 20.9. The largest absolute Gasteiger partial charge is 0.497 e. The topological polar surface area (TPSA) is 191 Å². The van der Waals surface area contributed by atoms with Crippen molar-refractivity contribution in [1.29, 1.82) is 0 Å². The summed E-state index contributed by atoms with van der Waals surface area (Å²) in [5.74, 6) is -3.02. The molecule has 2 aromatic rings. The molecule has 1 aliphatic rings. The predicted molar refractivity (Wildman–Crippen MR) is 223 cm³/mol. The molecule has 1 heterocycles. The Balaban J connectivity index is 1.86. The van der Waals surface area contributed by atoms with E-state index in [-0.39, 0.29) is 6.61 Å². The molecule has 1 saturated heterocycles. The Morgan fingerprint density at radius 3 is 1.95 bits per heavy atom. The predicted octanol–water partition coefficient (Wildman–Crippen LogP) is 9.13. The molecule has 0 bridgehead atoms. The molecule has 3 rings (SSSR count). The summed E-state index contributed by atoms with van der Waals surface area (Å²) in [6.45, 7) is -1.27. The molecule has 0 saturated carbocycles. The van der Waals surface area contributed by atoms with E-state index in [0.29, 0.717) is 29.7 Å². The molecule has 1 fully saturated rings. The Kier molecular flexibility index (Phi) is 21.5. The number of benzene rings is 2. The van der Waals surface area contributed by atoms with Gasteiger partial charge in [0.1, 0.15) is 30.7 Å². The molecule has 0 N–H and O–H groups in total. The van der Waals surface area contributed by atoms with E-state index < -0.39 is 101 Å². The quantitative estimate of drug-likeness (QED) is 0.0189. The molecule has 15 nitrogen and oxygen atoms in total. The van der Waals surface area contributed by atoms with Crippen LogP contribution in [-0.2, 0) is 54.1 Å². The van der Waals surface area contributed by atoms with Crippen LogP contribution in [0.3, 0.4) is 0 Å². The van der Waals surface area contributed by atoms with Gasteiger partial charge in [0.2, 0.25) is 0 Å². The molecule has 0 aliphatic carbocycles. The van der Waals surface area contributed by atoms with E-state index in [1.54, 1.807) is 54.6 Å². The number of hydrogen-bond acceptors (Lipinski definition) is 13. The maximum atomic E-state index is 13.4. The van der Waals surface area contributed by atoms with Crippen molar-refractivity contribution in [3.63, 3.8) is 0 Å². The van der Waals surface area contributed by atoms with Crippen LogP contribution in [0.5, 0.6) is 5.75 Å². The highest BCUT2D eigenvalue weighted by Crippen LogP contribution is 2.31. The summed E-state index contributed by atoms with van der Waals surface area (Å²) in [6.07, 6.45) is 6.90. The fourth-order valence-corrected chi connectivity index (χ4v) is 6.94. The highest BCUT2D eigenvalue weighted by Gasteiger charge is 2.52. The molecule has 0 aromatic heterocycles. The zero-order chi connectivity index (χ0) is 45.7. The van der Waals surface area contributed by atoms with E-state index in [1.165, 1.54) is 58.5 Å². The van der Waals surface area contributed by atoms with Gasteiger partial charge in [-0.1, -0.05) is 119 Å². The lowest BCUT2D eigenvalue weighted by atomic mass is 9.98. The number of unbranched alkanes of at least 4 members (excludes halogenated alkanes) is 12. The summed E-state index contributed by atoms with van der Waals surface area (Å²) in [5.41, 5.74) is 10.7. The van der Waals surface area contributed by atoms with Gasteiger partial charge in [0.05, 0.1) is 31.9 Å². The number of carbonyl (C=O) groups excluding carboxylic acids is 4. The molecule has 0 radical (unpaired) electrons. The maximum Gasteiger partial charge on any atom is 0.338 e. The highest BCUT2D eigenvalue weighted by molar-refractivity contribution is 5.89. The van der Waals surface area contributed by atoms with E-state index in [0.717, 1.165) is 25.7 Å². The van der Waals surface area contributed by atoms with Gasteiger partial charge in [-0.3, -0.25) is 14.4 Å². The number of azide groups is 1. The van der Waals surface area contributed by atoms with Gasteiger partial charge >= 0.3 is 23.9 Å². The Morgan fingerprint density at radius 2 is 1.37 bits per heavy atom. The fourth-order valence-electron chi connectivity index (χ4n) is 6.94. The van der Waals surface area contributed by atoms with Gasteiger partial charge in [-0.2, -0.15) is 0 Å². The van der Waals surface area contributed by atoms with Crippen LogP contribution in [-0.4, -0.2) is 87.1 Å². The van der Waals surface area contributed by atoms with Crippen LogP contribution >= 0.6 is 0 Å². The fraction of sp³-hybridized carbons (Fsp3) is 0.644. The van der Waals surface area contributed by atoms with Gasteiger partial charge < -0.3 is 37.9 Å². The van der Waals surface area contributed by atoms with E-state index >= 15 is 0 Å². The van der Waals surface area contributed by atoms with Crippen molar-refractivity contribution in [3.8, 4) is 5.75 Å². The number of carbonyl (C=O) groups is 4. The molecule has 2 aromatic carbocycles. The normalized spacial score (nSPS) is 20.2. The summed E-state index contributed by atoms with van der Waals surface area (Å²) < 4.78 is 69.1. The zero-order valence-corrected chi connectivity index (χ0v) is 35.1. The van der Waals surface area contributed by atoms with Gasteiger partial charge in [-0.15, -0.1) is 0 Å². The molecule has 1 unspecified atom stereocenters. The molecule has 0 amide bonds. The van der Waals surface area contributed by atoms with Gasteiger partial charge in [-0.05, 0) is 48.2 Å². The first-order chi connectivity index (χ1) is 30.7. The molecule has 332 valence electrons. The average molecular weight is 843 g/mol. The van der Waals surface area contributed by atoms with Gasteiger partial charge in [0, 0.05) is 29.7 Å². The molecular formula is C45H65N3O12. The second-order valence-corrected chi connectivity index (χ2v) is 14.7. The molecule has 1 aliphatic heterocycles. The zero-order valence-electron chi connectivity index (χ0n) is 38.1. The van der Waals surface area contributed by atoms with E-state index in [4.69, 9.17) is 42.0 Å². The van der Waals surface area contributed by atoms with Crippen molar-refractivity contribution >= 4 is 23.9 Å². The van der Waals surface area contributed by atoms with Crippen LogP contribution < -0.4 is 4.74 Å². The van der Waals surface area contributed by atoms with Crippen LogP contribution in [0.1, 0.15) is 138 Å². The van der Waals surface area contributed by atoms with Crippen molar-refractivity contribution in [3.05, 3.63) is 76.2 Å². The maximum absolute atomic E-state index is 13.4. The van der Waals surface area contributed by atoms with Gasteiger partial charge in [-0.25, -0.2) is 4.79 Å². The monoisotopic (exact) mass is 842 g/mol. The Morgan fingerprint density at radius 1 is 0.767 bits per heavy atom. The minimum atomic E-state index is -1.54. The van der Waals surface area contributed by atoms with Crippen molar-refractivity contribution in [2.24, 2.45) is 5.11 Å². The van der Waals surface area contributed by atoms with E-state index in [9.17, 15) is 24.7 Å². The third-order valence-electron chi connectivity index (χ3n) is 10.1. The molecule has 15 heteroatoms. The lowest BCUT2D eigenvalue weighted by Crippen LogP contribution is -2.62. The van der Waals surface area contributed by atoms with Crippen molar-refractivity contribution in [2.75, 3.05) is 20.3 Å². The SMILES string of the molecule is [2H]CC(=O)OC[C@H]1OC(OC[C@H](N=[N+]=[N-])[C@@H](CCCCCCCCCCCCCCC)OC(=O)c2ccccc2)[C@H](OCc2ccc(OC)cc2)[C@@H](OC(=O)C[2H])[C@H]1OC(=O)C[2H]. The van der Waals surface area contributed by atoms with Crippen molar-refractivity contribution < 1.29 is 61.2 Å². The summed E-state index contributed by atoms with van der Waals surface area (Å²) in [5, 5.41) is 3.99. The number of methoxy groups -OCH3 is 1. The second-order valence-electron chi connectivity index (χ2n) is 14.7. The lowest BCUT2D eigenvalue weighted by Gasteiger charge is -2.44. The smallest absolute Gasteiger partial charge is 0.338 e. The number of nitrogens with zero attached hydrogens (tertiary/aromatic N) is 3. The van der Waals surface area contributed by atoms with Gasteiger partial charge in [0.25, 0.3) is 0 Å². The number of esters is 4. The van der Waals surface area contributed by atoms with Crippen LogP contribution in [0.25, 0.3) is 10.4 Å². The van der Waals surface area contributed by atoms with Gasteiger partial charge in [0.15, 0.2) is 18.5 Å². The first kappa shape index (κ1) is 44.9. The summed E-state index contributed by atoms with van der Waals surface area (Å²) in [7, 11) is 1.52. The standard InChI is InChI=1S/C45H65N3O12/c1-6-7-8-9-10-11-12-13-14-15-16-17-21-24-39(59-44(52)36-22-19-18-20-23-36)38(47-48-46)30-56-45-43(55-29-35-25-27-37(53-5)28-26-35)42(58-34(4)51)41(57-33(3)50)40(60-45)31-54-32(2)49/h18-20,22-23,25-28,38-43,45H,6-17,21,24,29-31H2,1-5H3/t38-,39+,40+,41-,42-,43+,45?/m0/s1/i2D,3D,4D. The first-order valence-electron chi connectivity index (χ1n) is 23.0. The average Bonchev–Trinajstić information content (AvgIpc) is 3.31. The number of hydrogen-bond donors (Lipinski definition) is 0. The molecule has 7 atom stereocenters. The van der Waals surface area contributed by atoms with Crippen LogP contribution in [0.15, 0.2) is 59.7 Å². The Labute approximate surface area is 358 Å². The summed E-state index contributed by atoms with van der Waals surface area (Å²) in [6, 6.07) is 14.2. The third-order valence-corrected chi connectivity index (χ3v) is 10.1. The minimum Gasteiger partial charge on any atom is -0.497 e. The number of ether oxygens (including phenoxy) is 8. The third kappa shape index (κ3) is 18.7. The summed E-state index contributed by atoms with van der Waals surface area (Å²) >= 11 is 0. The minimum absolute atomic E-state index is 0.124. The molecule has 0 spiro atoms. The highest BCUT2D eigenvalue weighted by atomic mass is 16.7. The Hall–Kier alpha value is -4.69. The Bertz CT molecular complexity index is 1670. The van der Waals surface area contributed by atoms with Crippen LogP contribution in [0.2, 0.25) is 0 Å². The van der Waals surface area contributed by atoms with Crippen molar-refractivity contribution in [2.45, 2.75) is 167 Å². The lowest BCUT2D eigenvalue weighted by molar-refractivity contribution is -0.316.